The van der Waals surface area contributed by atoms with E-state index in [0.29, 0.717) is 0 Å². The molecule has 5 heteroatoms. The number of hydrogen-bond donors (Lipinski definition) is 1. The first kappa shape index (κ1) is 14.2. The lowest BCUT2D eigenvalue weighted by molar-refractivity contribution is 1.11. The van der Waals surface area contributed by atoms with Gasteiger partial charge in [0.05, 0.1) is 10.2 Å². The van der Waals surface area contributed by atoms with Gasteiger partial charge in [0.2, 0.25) is 0 Å². The minimum atomic E-state index is 0.739. The third kappa shape index (κ3) is 2.96. The van der Waals surface area contributed by atoms with Gasteiger partial charge in [0.25, 0.3) is 0 Å². The van der Waals surface area contributed by atoms with Crippen LogP contribution < -0.4 is 10.2 Å². The van der Waals surface area contributed by atoms with Crippen molar-refractivity contribution in [2.75, 3.05) is 24.3 Å². The van der Waals surface area contributed by atoms with Gasteiger partial charge in [0.1, 0.15) is 0 Å². The molecule has 0 fully saturated rings. The number of nitrogens with zero attached hydrogens (tertiary/aromatic N) is 2. The fraction of sp³-hybridized carbons (Fsp3) is 0.188. The first-order valence-electron chi connectivity index (χ1n) is 6.64. The maximum absolute atomic E-state index is 6.01. The summed E-state index contributed by atoms with van der Waals surface area (Å²) in [4.78, 5) is 6.69. The van der Waals surface area contributed by atoms with E-state index in [2.05, 4.69) is 40.3 Å². The lowest BCUT2D eigenvalue weighted by Crippen LogP contribution is -2.10. The Kier molecular flexibility index (Phi) is 3.74. The minimum absolute atomic E-state index is 0.739. The van der Waals surface area contributed by atoms with Crippen molar-refractivity contribution in [1.29, 1.82) is 0 Å². The van der Waals surface area contributed by atoms with E-state index in [0.717, 1.165) is 26.1 Å². The molecule has 2 aromatic carbocycles. The highest BCUT2D eigenvalue weighted by Crippen LogP contribution is 2.31. The largest absolute Gasteiger partial charge is 0.377 e. The van der Waals surface area contributed by atoms with E-state index >= 15 is 0 Å². The third-order valence-corrected chi connectivity index (χ3v) is 4.46. The molecule has 1 N–H and O–H groups in total. The second-order valence-electron chi connectivity index (χ2n) is 5.15. The molecule has 0 atom stereocenters. The number of thiazole rings is 1. The number of hydrogen-bond acceptors (Lipinski definition) is 4. The van der Waals surface area contributed by atoms with Crippen molar-refractivity contribution >= 4 is 49.7 Å². The molecular formula is C16H16ClN3S. The molecule has 0 amide bonds. The predicted molar refractivity (Wildman–Crippen MR) is 93.4 cm³/mol. The molecule has 0 saturated carbocycles. The Morgan fingerprint density at radius 3 is 2.71 bits per heavy atom. The zero-order chi connectivity index (χ0) is 15.0. The van der Waals surface area contributed by atoms with Crippen LogP contribution in [-0.4, -0.2) is 19.1 Å². The van der Waals surface area contributed by atoms with Crippen molar-refractivity contribution in [2.45, 2.75) is 6.92 Å². The van der Waals surface area contributed by atoms with Gasteiger partial charge in [0, 0.05) is 30.5 Å². The van der Waals surface area contributed by atoms with Crippen LogP contribution in [-0.2, 0) is 0 Å². The molecule has 21 heavy (non-hydrogen) atoms. The Bertz CT molecular complexity index is 795. The van der Waals surface area contributed by atoms with E-state index in [1.165, 1.54) is 11.3 Å². The number of nitrogens with one attached hydrogen (secondary N) is 1. The number of halogens is 1. The van der Waals surface area contributed by atoms with Crippen LogP contribution in [0, 0.1) is 6.92 Å². The van der Waals surface area contributed by atoms with Crippen LogP contribution in [0.4, 0.5) is 16.5 Å². The fourth-order valence-corrected chi connectivity index (χ4v) is 3.41. The van der Waals surface area contributed by atoms with Crippen LogP contribution in [0.1, 0.15) is 5.56 Å². The maximum Gasteiger partial charge on any atom is 0.188 e. The summed E-state index contributed by atoms with van der Waals surface area (Å²) in [7, 11) is 4.09. The lowest BCUT2D eigenvalue weighted by atomic mass is 10.1. The molecule has 1 heterocycles. The number of fused-ring (bicyclic) bond motifs is 1. The third-order valence-electron chi connectivity index (χ3n) is 3.29. The molecule has 3 aromatic rings. The van der Waals surface area contributed by atoms with Gasteiger partial charge in [-0.05, 0) is 42.8 Å². The summed E-state index contributed by atoms with van der Waals surface area (Å²) in [6, 6.07) is 12.1. The Hall–Kier alpha value is -1.78. The molecule has 0 unspecified atom stereocenters. The van der Waals surface area contributed by atoms with Gasteiger partial charge in [-0.2, -0.15) is 0 Å². The van der Waals surface area contributed by atoms with Gasteiger partial charge in [-0.1, -0.05) is 29.0 Å². The van der Waals surface area contributed by atoms with Crippen molar-refractivity contribution in [3.8, 4) is 0 Å². The van der Waals surface area contributed by atoms with E-state index in [9.17, 15) is 0 Å². The Labute approximate surface area is 133 Å². The fourth-order valence-electron chi connectivity index (χ4n) is 2.24. The molecule has 0 saturated heterocycles. The van der Waals surface area contributed by atoms with E-state index < -0.39 is 0 Å². The number of benzene rings is 2. The highest BCUT2D eigenvalue weighted by atomic mass is 35.5. The molecule has 0 spiro atoms. The van der Waals surface area contributed by atoms with Crippen molar-refractivity contribution in [3.63, 3.8) is 0 Å². The first-order valence-corrected chi connectivity index (χ1v) is 7.83. The Balaban J connectivity index is 1.93. The molecule has 0 bridgehead atoms. The van der Waals surface area contributed by atoms with E-state index in [1.54, 1.807) is 11.3 Å². The molecule has 0 aliphatic carbocycles. The van der Waals surface area contributed by atoms with Crippen LogP contribution in [0.5, 0.6) is 0 Å². The van der Waals surface area contributed by atoms with Crippen LogP contribution in [0.2, 0.25) is 5.02 Å². The zero-order valence-corrected chi connectivity index (χ0v) is 13.7. The lowest BCUT2D eigenvalue weighted by Gasteiger charge is -2.16. The van der Waals surface area contributed by atoms with Crippen LogP contribution in [0.25, 0.3) is 10.2 Å². The summed E-state index contributed by atoms with van der Waals surface area (Å²) >= 11 is 7.62. The van der Waals surface area contributed by atoms with E-state index in [4.69, 9.17) is 11.6 Å². The van der Waals surface area contributed by atoms with Gasteiger partial charge in [-0.25, -0.2) is 4.98 Å². The van der Waals surface area contributed by atoms with Crippen molar-refractivity contribution < 1.29 is 0 Å². The average molecular weight is 318 g/mol. The van der Waals surface area contributed by atoms with Gasteiger partial charge in [0.15, 0.2) is 5.13 Å². The highest BCUT2D eigenvalue weighted by molar-refractivity contribution is 7.22. The number of anilines is 3. The van der Waals surface area contributed by atoms with E-state index in [-0.39, 0.29) is 0 Å². The van der Waals surface area contributed by atoms with Gasteiger partial charge >= 0.3 is 0 Å². The summed E-state index contributed by atoms with van der Waals surface area (Å²) < 4.78 is 1.09. The number of rotatable bonds is 3. The topological polar surface area (TPSA) is 28.2 Å². The molecule has 3 nitrogen and oxygen atoms in total. The van der Waals surface area contributed by atoms with Crippen LogP contribution in [0.3, 0.4) is 0 Å². The molecule has 108 valence electrons. The summed E-state index contributed by atoms with van der Waals surface area (Å²) in [6.07, 6.45) is 0. The molecule has 0 aliphatic rings. The minimum Gasteiger partial charge on any atom is -0.377 e. The second-order valence-corrected chi connectivity index (χ2v) is 6.62. The normalized spacial score (nSPS) is 10.9. The standard InChI is InChI=1S/C16H16ClN3S/c1-10-4-6-12(9-14(10)20(2)3)18-16-19-13-7-5-11(17)8-15(13)21-16/h4-9H,1-3H3,(H,18,19). The predicted octanol–water partition coefficient (Wildman–Crippen LogP) is 5.07. The first-order chi connectivity index (χ1) is 10.0. The second kappa shape index (κ2) is 5.54. The van der Waals surface area contributed by atoms with Crippen molar-refractivity contribution in [1.82, 2.24) is 4.98 Å². The van der Waals surface area contributed by atoms with Gasteiger partial charge < -0.3 is 10.2 Å². The average Bonchev–Trinajstić information content (AvgIpc) is 2.82. The SMILES string of the molecule is Cc1ccc(Nc2nc3ccc(Cl)cc3s2)cc1N(C)C. The Morgan fingerprint density at radius 2 is 1.95 bits per heavy atom. The van der Waals surface area contributed by atoms with Crippen LogP contribution >= 0.6 is 22.9 Å². The smallest absolute Gasteiger partial charge is 0.188 e. The van der Waals surface area contributed by atoms with Crippen molar-refractivity contribution in [3.05, 3.63) is 47.0 Å². The molecule has 0 radical (unpaired) electrons. The van der Waals surface area contributed by atoms with Gasteiger partial charge in [-0.15, -0.1) is 0 Å². The maximum atomic E-state index is 6.01. The van der Waals surface area contributed by atoms with E-state index in [1.807, 2.05) is 32.3 Å². The summed E-state index contributed by atoms with van der Waals surface area (Å²) in [5.41, 5.74) is 4.45. The molecule has 3 rings (SSSR count). The molecule has 0 aliphatic heterocycles. The molecular weight excluding hydrogens is 302 g/mol. The summed E-state index contributed by atoms with van der Waals surface area (Å²) in [5, 5.41) is 4.99. The van der Waals surface area contributed by atoms with Crippen molar-refractivity contribution in [2.24, 2.45) is 0 Å². The number of aromatic nitrogens is 1. The van der Waals surface area contributed by atoms with Gasteiger partial charge in [-0.3, -0.25) is 0 Å². The quantitative estimate of drug-likeness (QED) is 0.731. The zero-order valence-electron chi connectivity index (χ0n) is 12.1. The monoisotopic (exact) mass is 317 g/mol. The van der Waals surface area contributed by atoms with Crippen LogP contribution in [0.15, 0.2) is 36.4 Å². The summed E-state index contributed by atoms with van der Waals surface area (Å²) in [5.74, 6) is 0. The molecule has 1 aromatic heterocycles. The highest BCUT2D eigenvalue weighted by Gasteiger charge is 2.07. The Morgan fingerprint density at radius 1 is 1.14 bits per heavy atom. The number of aryl methyl sites for hydroxylation is 1. The summed E-state index contributed by atoms with van der Waals surface area (Å²) in [6.45, 7) is 2.11.